The van der Waals surface area contributed by atoms with Crippen LogP contribution in [-0.4, -0.2) is 41.3 Å². The van der Waals surface area contributed by atoms with Crippen molar-refractivity contribution in [1.29, 1.82) is 0 Å². The maximum Gasteiger partial charge on any atom is 0.380 e. The van der Waals surface area contributed by atoms with Gasteiger partial charge in [-0.3, -0.25) is 0 Å². The van der Waals surface area contributed by atoms with Gasteiger partial charge in [0, 0.05) is 12.1 Å². The number of fused-ring (bicyclic) bond motifs is 2. The first-order chi connectivity index (χ1) is 7.89. The van der Waals surface area contributed by atoms with Gasteiger partial charge in [-0.15, -0.1) is 0 Å². The highest BCUT2D eigenvalue weighted by Gasteiger charge is 2.63. The van der Waals surface area contributed by atoms with Crippen LogP contribution < -0.4 is 5.32 Å². The fraction of sp³-hybridized carbons (Fsp3) is 0.909. The molecule has 2 fully saturated rings. The average molecular weight is 249 g/mol. The van der Waals surface area contributed by atoms with Gasteiger partial charge in [0.05, 0.1) is 6.61 Å². The molecule has 2 heterocycles. The highest BCUT2D eigenvalue weighted by molar-refractivity contribution is 5.79. The molecular weight excluding hydrogens is 232 g/mol. The van der Waals surface area contributed by atoms with Crippen molar-refractivity contribution >= 4 is 5.97 Å². The third kappa shape index (κ3) is 2.04. The molecule has 2 saturated heterocycles. The van der Waals surface area contributed by atoms with E-state index in [-0.39, 0.29) is 31.5 Å². The molecule has 4 nitrogen and oxygen atoms in total. The van der Waals surface area contributed by atoms with E-state index in [1.165, 1.54) is 6.92 Å². The summed E-state index contributed by atoms with van der Waals surface area (Å²) in [5.41, 5.74) is -2.27. The molecule has 2 aliphatic rings. The van der Waals surface area contributed by atoms with Crippen LogP contribution in [0, 0.1) is 0 Å². The van der Waals surface area contributed by atoms with E-state index in [1.54, 1.807) is 0 Å². The number of carbonyl (C=O) groups excluding carboxylic acids is 1. The number of carbonyl (C=O) groups is 1. The number of nitrogens with one attached hydrogen (secondary N) is 1. The number of halogens is 2. The monoisotopic (exact) mass is 249 g/mol. The van der Waals surface area contributed by atoms with Gasteiger partial charge in [-0.05, 0) is 32.6 Å². The van der Waals surface area contributed by atoms with Gasteiger partial charge in [0.2, 0.25) is 0 Å². The number of piperidine rings is 1. The van der Waals surface area contributed by atoms with Gasteiger partial charge in [-0.1, -0.05) is 0 Å². The van der Waals surface area contributed by atoms with Gasteiger partial charge in [-0.2, -0.15) is 8.78 Å². The molecule has 17 heavy (non-hydrogen) atoms. The summed E-state index contributed by atoms with van der Waals surface area (Å²) in [6.07, 6.45) is 1.34. The summed E-state index contributed by atoms with van der Waals surface area (Å²) in [7, 11) is 0. The molecule has 2 atom stereocenters. The molecule has 98 valence electrons. The van der Waals surface area contributed by atoms with Crippen LogP contribution in [0.15, 0.2) is 0 Å². The molecule has 2 rings (SSSR count). The van der Waals surface area contributed by atoms with E-state index in [2.05, 4.69) is 10.1 Å². The lowest BCUT2D eigenvalue weighted by molar-refractivity contribution is -0.221. The van der Waals surface area contributed by atoms with Crippen molar-refractivity contribution < 1.29 is 23.4 Å². The summed E-state index contributed by atoms with van der Waals surface area (Å²) in [6, 6.07) is -0.252. The van der Waals surface area contributed by atoms with Crippen molar-refractivity contribution in [2.24, 2.45) is 0 Å². The Morgan fingerprint density at radius 2 is 2.00 bits per heavy atom. The first kappa shape index (κ1) is 12.7. The molecule has 2 unspecified atom stereocenters. The van der Waals surface area contributed by atoms with Gasteiger partial charge in [-0.25, -0.2) is 4.79 Å². The Labute approximate surface area is 98.3 Å². The Morgan fingerprint density at radius 1 is 1.47 bits per heavy atom. The van der Waals surface area contributed by atoms with Gasteiger partial charge < -0.3 is 15.2 Å². The third-order valence-electron chi connectivity index (χ3n) is 3.62. The van der Waals surface area contributed by atoms with Crippen LogP contribution in [0.5, 0.6) is 0 Å². The van der Waals surface area contributed by atoms with Crippen LogP contribution in [0.4, 0.5) is 8.78 Å². The Kier molecular flexibility index (Phi) is 3.12. The fourth-order valence-electron chi connectivity index (χ4n) is 2.79. The second-order valence-corrected chi connectivity index (χ2v) is 4.87. The Morgan fingerprint density at radius 3 is 2.47 bits per heavy atom. The Hall–Kier alpha value is -0.750. The van der Waals surface area contributed by atoms with Crippen molar-refractivity contribution in [3.63, 3.8) is 0 Å². The zero-order valence-corrected chi connectivity index (χ0v) is 9.71. The summed E-state index contributed by atoms with van der Waals surface area (Å²) in [4.78, 5) is 11.3. The van der Waals surface area contributed by atoms with Crippen molar-refractivity contribution in [3.8, 4) is 0 Å². The van der Waals surface area contributed by atoms with E-state index >= 15 is 0 Å². The summed E-state index contributed by atoms with van der Waals surface area (Å²) < 4.78 is 32.1. The number of alkyl halides is 2. The lowest BCUT2D eigenvalue weighted by Crippen LogP contribution is -2.61. The molecule has 0 saturated carbocycles. The van der Waals surface area contributed by atoms with Crippen molar-refractivity contribution in [3.05, 3.63) is 0 Å². The van der Waals surface area contributed by atoms with Crippen molar-refractivity contribution in [1.82, 2.24) is 5.32 Å². The van der Waals surface area contributed by atoms with E-state index in [1.807, 2.05) is 0 Å². The number of hydrogen-bond acceptors (Lipinski definition) is 4. The SMILES string of the molecule is CCOC(=O)C(F)(F)C1(O)CC2CCC(C1)N2. The van der Waals surface area contributed by atoms with E-state index < -0.39 is 17.5 Å². The smallest absolute Gasteiger partial charge is 0.380 e. The van der Waals surface area contributed by atoms with Gasteiger partial charge >= 0.3 is 11.9 Å². The van der Waals surface area contributed by atoms with E-state index in [0.717, 1.165) is 12.8 Å². The van der Waals surface area contributed by atoms with Crippen LogP contribution in [-0.2, 0) is 9.53 Å². The van der Waals surface area contributed by atoms with Gasteiger partial charge in [0.1, 0.15) is 5.60 Å². The van der Waals surface area contributed by atoms with Crippen LogP contribution in [0.3, 0.4) is 0 Å². The standard InChI is InChI=1S/C11H17F2NO3/c1-2-17-9(15)11(12,13)10(16)5-7-3-4-8(6-10)14-7/h7-8,14,16H,2-6H2,1H3. The van der Waals surface area contributed by atoms with E-state index in [9.17, 15) is 18.7 Å². The van der Waals surface area contributed by atoms with Crippen molar-refractivity contribution in [2.75, 3.05) is 6.61 Å². The van der Waals surface area contributed by atoms with Crippen molar-refractivity contribution in [2.45, 2.75) is 56.2 Å². The van der Waals surface area contributed by atoms with Gasteiger partial charge in [0.15, 0.2) is 0 Å². The van der Waals surface area contributed by atoms with Crippen LogP contribution in [0.1, 0.15) is 32.6 Å². The molecule has 0 aromatic carbocycles. The largest absolute Gasteiger partial charge is 0.461 e. The molecule has 0 aromatic heterocycles. The maximum atomic E-state index is 13.9. The first-order valence-corrected chi connectivity index (χ1v) is 5.92. The molecule has 2 N–H and O–H groups in total. The molecule has 2 bridgehead atoms. The van der Waals surface area contributed by atoms with Crippen LogP contribution >= 0.6 is 0 Å². The number of aliphatic hydroxyl groups is 1. The van der Waals surface area contributed by atoms with Crippen LogP contribution in [0.25, 0.3) is 0 Å². The van der Waals surface area contributed by atoms with E-state index in [4.69, 9.17) is 0 Å². The number of rotatable bonds is 3. The Bertz CT molecular complexity index is 310. The molecule has 0 spiro atoms. The summed E-state index contributed by atoms with van der Waals surface area (Å²) in [6.45, 7) is 1.35. The van der Waals surface area contributed by atoms with E-state index in [0.29, 0.717) is 0 Å². The second kappa shape index (κ2) is 4.17. The predicted octanol–water partition coefficient (Wildman–Crippen LogP) is 0.830. The number of esters is 1. The normalized spacial score (nSPS) is 36.9. The second-order valence-electron chi connectivity index (χ2n) is 4.87. The van der Waals surface area contributed by atoms with Gasteiger partial charge in [0.25, 0.3) is 0 Å². The zero-order chi connectivity index (χ0) is 12.7. The van der Waals surface area contributed by atoms with Crippen LogP contribution in [0.2, 0.25) is 0 Å². The molecule has 0 aromatic rings. The summed E-state index contributed by atoms with van der Waals surface area (Å²) in [5.74, 6) is -5.45. The fourth-order valence-corrected chi connectivity index (χ4v) is 2.79. The minimum atomic E-state index is -3.83. The molecule has 0 radical (unpaired) electrons. The minimum absolute atomic E-state index is 0.102. The predicted molar refractivity (Wildman–Crippen MR) is 55.7 cm³/mol. The molecule has 6 heteroatoms. The highest BCUT2D eigenvalue weighted by Crippen LogP contribution is 2.43. The highest BCUT2D eigenvalue weighted by atomic mass is 19.3. The third-order valence-corrected chi connectivity index (χ3v) is 3.62. The number of hydrogen-bond donors (Lipinski definition) is 2. The lowest BCUT2D eigenvalue weighted by atomic mass is 9.82. The maximum absolute atomic E-state index is 13.9. The topological polar surface area (TPSA) is 58.6 Å². The first-order valence-electron chi connectivity index (χ1n) is 5.92. The molecule has 0 aliphatic carbocycles. The Balaban J connectivity index is 2.16. The zero-order valence-electron chi connectivity index (χ0n) is 9.71. The number of ether oxygens (including phenoxy) is 1. The molecule has 2 aliphatic heterocycles. The molecular formula is C11H17F2NO3. The average Bonchev–Trinajstić information content (AvgIpc) is 2.58. The minimum Gasteiger partial charge on any atom is -0.461 e. The summed E-state index contributed by atoms with van der Waals surface area (Å²) >= 11 is 0. The molecule has 0 amide bonds. The lowest BCUT2D eigenvalue weighted by Gasteiger charge is -2.40. The quantitative estimate of drug-likeness (QED) is 0.727. The summed E-state index contributed by atoms with van der Waals surface area (Å²) in [5, 5.41) is 13.2.